The molecule has 4 nitrogen and oxygen atoms in total. The van der Waals surface area contributed by atoms with E-state index < -0.39 is 0 Å². The van der Waals surface area contributed by atoms with Crippen molar-refractivity contribution in [2.75, 3.05) is 32.8 Å². The Balaban J connectivity index is 1.75. The van der Waals surface area contributed by atoms with Gasteiger partial charge in [-0.1, -0.05) is 25.5 Å². The molecular weight excluding hydrogens is 298 g/mol. The van der Waals surface area contributed by atoms with Crippen LogP contribution in [-0.4, -0.2) is 47.3 Å². The van der Waals surface area contributed by atoms with Crippen molar-refractivity contribution in [2.24, 2.45) is 0 Å². The van der Waals surface area contributed by atoms with Gasteiger partial charge in [0.1, 0.15) is 5.82 Å². The summed E-state index contributed by atoms with van der Waals surface area (Å²) in [5, 5.41) is 0. The van der Waals surface area contributed by atoms with E-state index in [1.54, 1.807) is 0 Å². The van der Waals surface area contributed by atoms with Crippen molar-refractivity contribution in [3.8, 4) is 0 Å². The number of benzene rings is 1. The molecule has 1 aromatic carbocycles. The van der Waals surface area contributed by atoms with Crippen molar-refractivity contribution in [3.63, 3.8) is 0 Å². The molecule has 0 spiro atoms. The number of unbranched alkanes of at least 4 members (excludes halogenated alkanes) is 1. The van der Waals surface area contributed by atoms with Gasteiger partial charge in [0.25, 0.3) is 0 Å². The monoisotopic (exact) mass is 329 g/mol. The van der Waals surface area contributed by atoms with Crippen LogP contribution in [0.1, 0.15) is 51.3 Å². The third-order valence-corrected chi connectivity index (χ3v) is 5.13. The zero-order chi connectivity index (χ0) is 16.8. The minimum Gasteiger partial charge on any atom is -0.380 e. The quantitative estimate of drug-likeness (QED) is 0.684. The highest BCUT2D eigenvalue weighted by Gasteiger charge is 2.25. The van der Waals surface area contributed by atoms with Crippen molar-refractivity contribution in [2.45, 2.75) is 52.0 Å². The van der Waals surface area contributed by atoms with Gasteiger partial charge in [-0.05, 0) is 58.0 Å². The molecule has 0 saturated carbocycles. The van der Waals surface area contributed by atoms with Crippen LogP contribution in [0.3, 0.4) is 0 Å². The minimum absolute atomic E-state index is 0.580. The van der Waals surface area contributed by atoms with Crippen molar-refractivity contribution in [1.82, 2.24) is 14.5 Å². The van der Waals surface area contributed by atoms with Gasteiger partial charge in [-0.25, -0.2) is 4.98 Å². The lowest BCUT2D eigenvalue weighted by Gasteiger charge is -2.31. The van der Waals surface area contributed by atoms with E-state index in [0.717, 1.165) is 25.3 Å². The molecule has 0 aliphatic carbocycles. The van der Waals surface area contributed by atoms with E-state index in [4.69, 9.17) is 9.72 Å². The fraction of sp³-hybridized carbons (Fsp3) is 0.650. The van der Waals surface area contributed by atoms with Crippen LogP contribution in [0.5, 0.6) is 0 Å². The zero-order valence-corrected chi connectivity index (χ0v) is 15.2. The lowest BCUT2D eigenvalue weighted by Crippen LogP contribution is -2.34. The van der Waals surface area contributed by atoms with Gasteiger partial charge in [0, 0.05) is 19.1 Å². The molecule has 1 aromatic heterocycles. The van der Waals surface area contributed by atoms with Crippen molar-refractivity contribution < 1.29 is 4.74 Å². The molecule has 0 unspecified atom stereocenters. The van der Waals surface area contributed by atoms with Gasteiger partial charge < -0.3 is 14.2 Å². The van der Waals surface area contributed by atoms with Gasteiger partial charge in [-0.3, -0.25) is 0 Å². The first-order valence-electron chi connectivity index (χ1n) is 9.58. The molecular formula is C20H31N3O. The topological polar surface area (TPSA) is 30.3 Å². The predicted molar refractivity (Wildman–Crippen MR) is 99.5 cm³/mol. The van der Waals surface area contributed by atoms with Crippen LogP contribution in [0.25, 0.3) is 11.0 Å². The first kappa shape index (κ1) is 17.4. The molecule has 4 heteroatoms. The summed E-state index contributed by atoms with van der Waals surface area (Å²) in [7, 11) is 0. The molecule has 0 atom stereocenters. The van der Waals surface area contributed by atoms with Crippen molar-refractivity contribution >= 4 is 11.0 Å². The normalized spacial score (nSPS) is 16.9. The second kappa shape index (κ2) is 8.63. The second-order valence-corrected chi connectivity index (χ2v) is 6.78. The molecule has 1 aliphatic rings. The van der Waals surface area contributed by atoms with Crippen LogP contribution >= 0.6 is 0 Å². The average Bonchev–Trinajstić information content (AvgIpc) is 2.99. The summed E-state index contributed by atoms with van der Waals surface area (Å²) >= 11 is 0. The fourth-order valence-corrected chi connectivity index (χ4v) is 3.74. The van der Waals surface area contributed by atoms with Crippen molar-refractivity contribution in [3.05, 3.63) is 30.1 Å². The van der Waals surface area contributed by atoms with E-state index in [1.165, 1.54) is 56.7 Å². The largest absolute Gasteiger partial charge is 0.380 e. The number of ether oxygens (including phenoxy) is 1. The van der Waals surface area contributed by atoms with Crippen LogP contribution in [0.2, 0.25) is 0 Å². The number of para-hydroxylation sites is 2. The maximum Gasteiger partial charge on any atom is 0.113 e. The number of imidazole rings is 1. The van der Waals surface area contributed by atoms with Gasteiger partial charge in [0.05, 0.1) is 17.6 Å². The minimum atomic E-state index is 0.580. The lowest BCUT2D eigenvalue weighted by molar-refractivity contribution is 0.138. The molecule has 2 heterocycles. The maximum absolute atomic E-state index is 5.60. The summed E-state index contributed by atoms with van der Waals surface area (Å²) in [5.41, 5.74) is 2.37. The van der Waals surface area contributed by atoms with Crippen molar-refractivity contribution in [1.29, 1.82) is 0 Å². The number of hydrogen-bond acceptors (Lipinski definition) is 3. The van der Waals surface area contributed by atoms with Gasteiger partial charge in [0.15, 0.2) is 0 Å². The Morgan fingerprint density at radius 1 is 1.12 bits per heavy atom. The molecule has 1 saturated heterocycles. The standard InChI is InChI=1S/C20H31N3O/c1-3-5-12-22-13-10-17(11-14-22)20-21-18-8-6-7-9-19(18)23(20)15-16-24-4-2/h6-9,17H,3-5,10-16H2,1-2H3. The first-order chi connectivity index (χ1) is 11.8. The first-order valence-corrected chi connectivity index (χ1v) is 9.58. The smallest absolute Gasteiger partial charge is 0.113 e. The molecule has 2 aromatic rings. The average molecular weight is 329 g/mol. The molecule has 0 N–H and O–H groups in total. The fourth-order valence-electron chi connectivity index (χ4n) is 3.74. The Morgan fingerprint density at radius 2 is 1.92 bits per heavy atom. The third-order valence-electron chi connectivity index (χ3n) is 5.13. The zero-order valence-electron chi connectivity index (χ0n) is 15.2. The Morgan fingerprint density at radius 3 is 2.67 bits per heavy atom. The molecule has 1 aliphatic heterocycles. The van der Waals surface area contributed by atoms with Crippen LogP contribution < -0.4 is 0 Å². The number of piperidine rings is 1. The molecule has 1 fully saturated rings. The summed E-state index contributed by atoms with van der Waals surface area (Å²) in [6.45, 7) is 10.4. The van der Waals surface area contributed by atoms with Crippen LogP contribution in [0.15, 0.2) is 24.3 Å². The Kier molecular flexibility index (Phi) is 6.27. The number of likely N-dealkylation sites (tertiary alicyclic amines) is 1. The van der Waals surface area contributed by atoms with E-state index in [2.05, 4.69) is 47.6 Å². The molecule has 0 bridgehead atoms. The number of hydrogen-bond donors (Lipinski definition) is 0. The van der Waals surface area contributed by atoms with Crippen LogP contribution in [-0.2, 0) is 11.3 Å². The summed E-state index contributed by atoms with van der Waals surface area (Å²) in [6.07, 6.45) is 5.05. The summed E-state index contributed by atoms with van der Waals surface area (Å²) < 4.78 is 8.00. The highest BCUT2D eigenvalue weighted by atomic mass is 16.5. The Hall–Kier alpha value is -1.39. The van der Waals surface area contributed by atoms with E-state index >= 15 is 0 Å². The highest BCUT2D eigenvalue weighted by molar-refractivity contribution is 5.76. The second-order valence-electron chi connectivity index (χ2n) is 6.78. The summed E-state index contributed by atoms with van der Waals surface area (Å²) in [4.78, 5) is 7.61. The Bertz CT molecular complexity index is 629. The maximum atomic E-state index is 5.60. The number of nitrogens with zero attached hydrogens (tertiary/aromatic N) is 3. The van der Waals surface area contributed by atoms with Gasteiger partial charge in [-0.15, -0.1) is 0 Å². The molecule has 0 radical (unpaired) electrons. The van der Waals surface area contributed by atoms with E-state index in [-0.39, 0.29) is 0 Å². The summed E-state index contributed by atoms with van der Waals surface area (Å²) in [6, 6.07) is 8.51. The van der Waals surface area contributed by atoms with E-state index in [1.807, 2.05) is 0 Å². The van der Waals surface area contributed by atoms with E-state index in [0.29, 0.717) is 5.92 Å². The SMILES string of the molecule is CCCCN1CCC(c2nc3ccccc3n2CCOCC)CC1. The predicted octanol–water partition coefficient (Wildman–Crippen LogP) is 4.05. The highest BCUT2D eigenvalue weighted by Crippen LogP contribution is 2.30. The summed E-state index contributed by atoms with van der Waals surface area (Å²) in [5.74, 6) is 1.85. The van der Waals surface area contributed by atoms with Gasteiger partial charge >= 0.3 is 0 Å². The van der Waals surface area contributed by atoms with Crippen LogP contribution in [0.4, 0.5) is 0 Å². The lowest BCUT2D eigenvalue weighted by atomic mass is 9.95. The molecule has 132 valence electrons. The number of rotatable bonds is 8. The Labute approximate surface area is 145 Å². The molecule has 3 rings (SSSR count). The molecule has 0 amide bonds. The third kappa shape index (κ3) is 3.98. The van der Waals surface area contributed by atoms with Gasteiger partial charge in [-0.2, -0.15) is 0 Å². The van der Waals surface area contributed by atoms with Crippen LogP contribution in [0, 0.1) is 0 Å². The van der Waals surface area contributed by atoms with E-state index in [9.17, 15) is 0 Å². The number of aromatic nitrogens is 2. The number of fused-ring (bicyclic) bond motifs is 1. The molecule has 24 heavy (non-hydrogen) atoms. The van der Waals surface area contributed by atoms with Gasteiger partial charge in [0.2, 0.25) is 0 Å².